The predicted octanol–water partition coefficient (Wildman–Crippen LogP) is 3.43. The molecule has 0 amide bonds. The Kier molecular flexibility index (Phi) is 3.87. The van der Waals surface area contributed by atoms with Crippen molar-refractivity contribution >= 4 is 33.9 Å². The molecule has 0 saturated heterocycles. The van der Waals surface area contributed by atoms with Crippen molar-refractivity contribution in [2.24, 2.45) is 11.8 Å². The average molecular weight is 454 g/mol. The minimum absolute atomic E-state index is 0.0154. The molecule has 1 fully saturated rings. The maximum Gasteiger partial charge on any atom is 0.206 e. The van der Waals surface area contributed by atoms with Crippen LogP contribution in [0, 0.1) is 18.8 Å². The molecule has 7 heteroatoms. The largest absolute Gasteiger partial charge is 0.510 e. The molecule has 6 rings (SSSR count). The van der Waals surface area contributed by atoms with E-state index in [0.29, 0.717) is 27.8 Å². The third-order valence-electron chi connectivity index (χ3n) is 8.45. The summed E-state index contributed by atoms with van der Waals surface area (Å²) in [7, 11) is 3.54. The lowest BCUT2D eigenvalue weighted by molar-refractivity contribution is -0.140. The summed E-state index contributed by atoms with van der Waals surface area (Å²) < 4.78 is 0. The average Bonchev–Trinajstić information content (AvgIpc) is 2.71. The van der Waals surface area contributed by atoms with Crippen LogP contribution in [-0.2, 0) is 11.2 Å². The van der Waals surface area contributed by atoms with Gasteiger partial charge in [0, 0.05) is 27.3 Å². The molecule has 2 aromatic rings. The van der Waals surface area contributed by atoms with Crippen molar-refractivity contribution in [1.29, 1.82) is 0 Å². The summed E-state index contributed by atoms with van der Waals surface area (Å²) in [5.41, 5.74) is 0.0318. The molecule has 32 heavy (non-hydrogen) atoms. The van der Waals surface area contributed by atoms with Gasteiger partial charge in [0.25, 0.3) is 0 Å². The van der Waals surface area contributed by atoms with Gasteiger partial charge in [-0.05, 0) is 74.9 Å². The van der Waals surface area contributed by atoms with Crippen molar-refractivity contribution in [3.63, 3.8) is 0 Å². The zero-order valence-corrected chi connectivity index (χ0v) is 18.8. The molecule has 0 radical (unpaired) electrons. The number of benzene rings is 2. The third-order valence-corrected chi connectivity index (χ3v) is 8.77. The van der Waals surface area contributed by atoms with Gasteiger partial charge in [-0.25, -0.2) is 0 Å². The van der Waals surface area contributed by atoms with Gasteiger partial charge in [0.2, 0.25) is 11.6 Å². The van der Waals surface area contributed by atoms with E-state index in [2.05, 4.69) is 0 Å². The number of fused-ring (bicyclic) bond motifs is 4. The summed E-state index contributed by atoms with van der Waals surface area (Å²) in [6, 6.07) is 2.96. The van der Waals surface area contributed by atoms with Crippen LogP contribution in [0.5, 0.6) is 5.75 Å². The lowest BCUT2D eigenvalue weighted by Crippen LogP contribution is -2.66. The molecule has 3 N–H and O–H groups in total. The second-order valence-corrected chi connectivity index (χ2v) is 10.4. The normalized spacial score (nSPS) is 32.8. The molecule has 0 aromatic heterocycles. The molecular formula is C25H24ClNO5. The number of aliphatic hydroxyl groups excluding tert-OH is 1. The van der Waals surface area contributed by atoms with Crippen LogP contribution >= 0.6 is 11.6 Å². The Labute approximate surface area is 190 Å². The van der Waals surface area contributed by atoms with Gasteiger partial charge in [0.15, 0.2) is 5.60 Å². The number of Topliss-reactive ketones (excluding diaryl/α,β-unsaturated/α-hetero) is 2. The van der Waals surface area contributed by atoms with Gasteiger partial charge in [-0.2, -0.15) is 0 Å². The van der Waals surface area contributed by atoms with Crippen molar-refractivity contribution in [1.82, 2.24) is 4.90 Å². The Hall–Kier alpha value is -2.41. The molecule has 2 aromatic carbocycles. The predicted molar refractivity (Wildman–Crippen MR) is 119 cm³/mol. The summed E-state index contributed by atoms with van der Waals surface area (Å²) in [6.07, 6.45) is 1.58. The number of carbonyl (C=O) groups excluding carboxylic acids is 2. The molecule has 4 bridgehead atoms. The minimum Gasteiger partial charge on any atom is -0.510 e. The van der Waals surface area contributed by atoms with Gasteiger partial charge in [0.05, 0.1) is 11.6 Å². The number of aliphatic hydroxyl groups is 2. The first-order valence-corrected chi connectivity index (χ1v) is 11.4. The van der Waals surface area contributed by atoms with E-state index < -0.39 is 29.1 Å². The standard InChI is InChI=1S/C25H24ClNO5/c1-9-13-8-14-20(27(2)3)22(29)18-12-5-4-10(12)11-6-7-15(26)16(9)17(11)21(28)19(13)24(31)25(14,32)23(18)30/h6-7,10,12,14,20,28-29,32H,4-5,8H2,1-3H3. The smallest absolute Gasteiger partial charge is 0.206 e. The van der Waals surface area contributed by atoms with Crippen LogP contribution in [0.1, 0.15) is 45.8 Å². The van der Waals surface area contributed by atoms with E-state index in [1.165, 1.54) is 0 Å². The van der Waals surface area contributed by atoms with Gasteiger partial charge >= 0.3 is 0 Å². The highest BCUT2D eigenvalue weighted by Crippen LogP contribution is 2.58. The highest BCUT2D eigenvalue weighted by molar-refractivity contribution is 6.37. The van der Waals surface area contributed by atoms with Crippen LogP contribution in [0.2, 0.25) is 5.02 Å². The van der Waals surface area contributed by atoms with E-state index >= 15 is 0 Å². The summed E-state index contributed by atoms with van der Waals surface area (Å²) in [5, 5.41) is 36.3. The number of phenolic OH excluding ortho intramolecular Hbond substituents is 1. The van der Waals surface area contributed by atoms with Crippen LogP contribution in [0.4, 0.5) is 0 Å². The van der Waals surface area contributed by atoms with Gasteiger partial charge in [0.1, 0.15) is 11.5 Å². The van der Waals surface area contributed by atoms with Crippen LogP contribution in [0.3, 0.4) is 0 Å². The molecule has 0 aliphatic heterocycles. The Balaban J connectivity index is 1.85. The lowest BCUT2D eigenvalue weighted by Gasteiger charge is -2.51. The Morgan fingerprint density at radius 3 is 2.38 bits per heavy atom. The van der Waals surface area contributed by atoms with Crippen LogP contribution in [0.25, 0.3) is 10.8 Å². The number of likely N-dealkylation sites (N-methyl/N-ethyl adjacent to an activating group) is 1. The molecule has 166 valence electrons. The topological polar surface area (TPSA) is 98.1 Å². The Morgan fingerprint density at radius 1 is 1.06 bits per heavy atom. The summed E-state index contributed by atoms with van der Waals surface area (Å²) in [5.74, 6) is -3.06. The van der Waals surface area contributed by atoms with E-state index in [-0.39, 0.29) is 40.9 Å². The van der Waals surface area contributed by atoms with Gasteiger partial charge in [-0.3, -0.25) is 14.5 Å². The molecule has 0 spiro atoms. The number of carbonyl (C=O) groups is 2. The number of ketones is 2. The van der Waals surface area contributed by atoms with Crippen molar-refractivity contribution < 1.29 is 24.9 Å². The van der Waals surface area contributed by atoms with Crippen molar-refractivity contribution in [2.75, 3.05) is 14.1 Å². The first-order chi connectivity index (χ1) is 15.1. The van der Waals surface area contributed by atoms with E-state index in [4.69, 9.17) is 11.6 Å². The summed E-state index contributed by atoms with van der Waals surface area (Å²) >= 11 is 6.60. The number of aromatic hydroxyl groups is 1. The molecule has 0 heterocycles. The fraction of sp³-hybridized carbons (Fsp3) is 0.440. The maximum atomic E-state index is 13.9. The number of nitrogens with zero attached hydrogens (tertiary/aromatic N) is 1. The third kappa shape index (κ3) is 2.05. The molecule has 5 atom stereocenters. The number of rotatable bonds is 1. The zero-order valence-electron chi connectivity index (χ0n) is 18.1. The van der Waals surface area contributed by atoms with Crippen molar-refractivity contribution in [2.45, 2.75) is 43.7 Å². The Bertz CT molecular complexity index is 1310. The number of halogens is 1. The maximum absolute atomic E-state index is 13.9. The molecular weight excluding hydrogens is 430 g/mol. The number of phenols is 1. The molecule has 4 aliphatic carbocycles. The highest BCUT2D eigenvalue weighted by Gasteiger charge is 2.64. The lowest BCUT2D eigenvalue weighted by atomic mass is 9.55. The van der Waals surface area contributed by atoms with Crippen LogP contribution < -0.4 is 0 Å². The summed E-state index contributed by atoms with van der Waals surface area (Å²) in [4.78, 5) is 29.4. The first-order valence-electron chi connectivity index (χ1n) is 11.0. The first kappa shape index (κ1) is 20.2. The van der Waals surface area contributed by atoms with Crippen LogP contribution in [-0.4, -0.2) is 57.5 Å². The highest BCUT2D eigenvalue weighted by atomic mass is 35.5. The quantitative estimate of drug-likeness (QED) is 0.572. The number of aryl methyl sites for hydroxylation is 1. The van der Waals surface area contributed by atoms with Gasteiger partial charge < -0.3 is 15.3 Å². The zero-order chi connectivity index (χ0) is 22.9. The van der Waals surface area contributed by atoms with Gasteiger partial charge in [-0.15, -0.1) is 0 Å². The number of hydrogen-bond donors (Lipinski definition) is 3. The van der Waals surface area contributed by atoms with E-state index in [9.17, 15) is 24.9 Å². The van der Waals surface area contributed by atoms with Crippen molar-refractivity contribution in [3.05, 3.63) is 50.7 Å². The second-order valence-electron chi connectivity index (χ2n) is 9.95. The van der Waals surface area contributed by atoms with E-state index in [0.717, 1.165) is 17.5 Å². The van der Waals surface area contributed by atoms with Crippen molar-refractivity contribution in [3.8, 4) is 5.75 Å². The molecule has 5 unspecified atom stereocenters. The SMILES string of the molecule is Cc1c2c3c(O)c4c(ccc(Cl)c14)C1CCC1C1=C(O)C(N(C)C)C(C2)C(O)(C1=O)C3=O. The molecule has 1 saturated carbocycles. The van der Waals surface area contributed by atoms with Gasteiger partial charge in [-0.1, -0.05) is 17.7 Å². The van der Waals surface area contributed by atoms with Crippen LogP contribution in [0.15, 0.2) is 23.5 Å². The summed E-state index contributed by atoms with van der Waals surface area (Å²) in [6.45, 7) is 1.87. The minimum atomic E-state index is -2.32. The molecule has 6 nitrogen and oxygen atoms in total. The Morgan fingerprint density at radius 2 is 1.75 bits per heavy atom. The van der Waals surface area contributed by atoms with E-state index in [1.807, 2.05) is 13.0 Å². The molecule has 4 aliphatic rings. The number of hydrogen-bond acceptors (Lipinski definition) is 6. The fourth-order valence-corrected chi connectivity index (χ4v) is 7.12. The monoisotopic (exact) mass is 453 g/mol. The van der Waals surface area contributed by atoms with E-state index in [1.54, 1.807) is 25.1 Å². The fourth-order valence-electron chi connectivity index (χ4n) is 6.82. The second kappa shape index (κ2) is 6.13.